The predicted molar refractivity (Wildman–Crippen MR) is 124 cm³/mol. The molecule has 0 unspecified atom stereocenters. The molecule has 3 aromatic rings. The summed E-state index contributed by atoms with van der Waals surface area (Å²) in [5.74, 6) is -0.140. The van der Waals surface area contributed by atoms with Crippen molar-refractivity contribution in [2.75, 3.05) is 25.1 Å². The normalized spacial score (nSPS) is 15.6. The van der Waals surface area contributed by atoms with Gasteiger partial charge >= 0.3 is 0 Å². The molecule has 8 nitrogen and oxygen atoms in total. The van der Waals surface area contributed by atoms with E-state index in [1.807, 2.05) is 48.1 Å². The molecule has 0 aliphatic carbocycles. The quantitative estimate of drug-likeness (QED) is 0.475. The van der Waals surface area contributed by atoms with Crippen LogP contribution in [0.3, 0.4) is 0 Å². The number of aliphatic hydroxyl groups is 1. The van der Waals surface area contributed by atoms with Gasteiger partial charge in [-0.2, -0.15) is 5.10 Å². The molecule has 3 heterocycles. The molecule has 170 valence electrons. The van der Waals surface area contributed by atoms with E-state index in [2.05, 4.69) is 20.7 Å². The minimum Gasteiger partial charge on any atom is -0.394 e. The van der Waals surface area contributed by atoms with Crippen LogP contribution in [0.25, 0.3) is 11.0 Å². The SMILES string of the molecule is CCn1ncc2c(NC3CCOCC3)c(CC(=O)N[C@H](CO)Cc3ccccc3)cnc21. The molecule has 1 aliphatic heterocycles. The molecule has 32 heavy (non-hydrogen) atoms. The molecule has 0 saturated carbocycles. The van der Waals surface area contributed by atoms with Crippen molar-refractivity contribution < 1.29 is 14.6 Å². The lowest BCUT2D eigenvalue weighted by Gasteiger charge is -2.26. The second-order valence-electron chi connectivity index (χ2n) is 8.20. The summed E-state index contributed by atoms with van der Waals surface area (Å²) < 4.78 is 7.35. The average molecular weight is 438 g/mol. The summed E-state index contributed by atoms with van der Waals surface area (Å²) in [4.78, 5) is 17.5. The number of ether oxygens (including phenoxy) is 1. The number of nitrogens with one attached hydrogen (secondary N) is 2. The summed E-state index contributed by atoms with van der Waals surface area (Å²) in [5, 5.41) is 21.8. The Bertz CT molecular complexity index is 1030. The maximum atomic E-state index is 12.9. The molecule has 8 heteroatoms. The first-order valence-electron chi connectivity index (χ1n) is 11.3. The zero-order chi connectivity index (χ0) is 22.3. The number of hydrogen-bond acceptors (Lipinski definition) is 6. The van der Waals surface area contributed by atoms with Crippen molar-refractivity contribution in [1.29, 1.82) is 0 Å². The largest absolute Gasteiger partial charge is 0.394 e. The van der Waals surface area contributed by atoms with Crippen LogP contribution in [0.15, 0.2) is 42.7 Å². The summed E-state index contributed by atoms with van der Waals surface area (Å²) in [5.41, 5.74) is 3.63. The lowest BCUT2D eigenvalue weighted by molar-refractivity contribution is -0.121. The highest BCUT2D eigenvalue weighted by molar-refractivity contribution is 5.93. The standard InChI is InChI=1S/C24H31N5O3/c1-2-29-24-21(15-26-29)23(28-19-8-10-32-11-9-19)18(14-25-24)13-22(31)27-20(16-30)12-17-6-4-3-5-7-17/h3-7,14-15,19-20,30H,2,8-13,16H2,1H3,(H,25,28)(H,27,31)/t20-/m0/s1. The van der Waals surface area contributed by atoms with E-state index in [1.165, 1.54) is 0 Å². The number of amides is 1. The molecule has 4 rings (SSSR count). The van der Waals surface area contributed by atoms with Crippen molar-refractivity contribution in [3.05, 3.63) is 53.9 Å². The second-order valence-corrected chi connectivity index (χ2v) is 8.20. The van der Waals surface area contributed by atoms with Gasteiger partial charge in [-0.05, 0) is 31.7 Å². The van der Waals surface area contributed by atoms with Crippen LogP contribution in [0, 0.1) is 0 Å². The molecular weight excluding hydrogens is 406 g/mol. The number of aliphatic hydroxyl groups excluding tert-OH is 1. The minimum atomic E-state index is -0.337. The van der Waals surface area contributed by atoms with Crippen LogP contribution in [0.4, 0.5) is 5.69 Å². The zero-order valence-electron chi connectivity index (χ0n) is 18.5. The van der Waals surface area contributed by atoms with Gasteiger partial charge < -0.3 is 20.5 Å². The van der Waals surface area contributed by atoms with Crippen molar-refractivity contribution >= 4 is 22.6 Å². The summed E-state index contributed by atoms with van der Waals surface area (Å²) in [6.07, 6.45) is 6.18. The minimum absolute atomic E-state index is 0.117. The van der Waals surface area contributed by atoms with Crippen LogP contribution in [-0.2, 0) is 28.9 Å². The number of aryl methyl sites for hydroxylation is 1. The number of carbonyl (C=O) groups excluding carboxylic acids is 1. The Hall–Kier alpha value is -2.97. The van der Waals surface area contributed by atoms with Gasteiger partial charge in [0.1, 0.15) is 0 Å². The smallest absolute Gasteiger partial charge is 0.224 e. The Kier molecular flexibility index (Phi) is 7.34. The summed E-state index contributed by atoms with van der Waals surface area (Å²) in [6.45, 7) is 4.10. The number of hydrogen-bond donors (Lipinski definition) is 3. The molecule has 1 aromatic carbocycles. The van der Waals surface area contributed by atoms with Crippen LogP contribution in [0.5, 0.6) is 0 Å². The predicted octanol–water partition coefficient (Wildman–Crippen LogP) is 2.30. The summed E-state index contributed by atoms with van der Waals surface area (Å²) >= 11 is 0. The van der Waals surface area contributed by atoms with Gasteiger partial charge in [-0.1, -0.05) is 30.3 Å². The number of anilines is 1. The van der Waals surface area contributed by atoms with Gasteiger partial charge in [0.25, 0.3) is 0 Å². The van der Waals surface area contributed by atoms with E-state index < -0.39 is 0 Å². The Morgan fingerprint density at radius 2 is 2.03 bits per heavy atom. The second kappa shape index (κ2) is 10.6. The third kappa shape index (κ3) is 5.26. The molecule has 2 aromatic heterocycles. The lowest BCUT2D eigenvalue weighted by atomic mass is 10.0. The number of pyridine rings is 1. The molecule has 0 spiro atoms. The van der Waals surface area contributed by atoms with Crippen molar-refractivity contribution in [2.45, 2.75) is 51.2 Å². The number of aromatic nitrogens is 3. The number of carbonyl (C=O) groups is 1. The highest BCUT2D eigenvalue weighted by Gasteiger charge is 2.21. The molecule has 1 saturated heterocycles. The highest BCUT2D eigenvalue weighted by atomic mass is 16.5. The monoisotopic (exact) mass is 437 g/mol. The topological polar surface area (TPSA) is 101 Å². The average Bonchev–Trinajstić information content (AvgIpc) is 3.25. The van der Waals surface area contributed by atoms with Crippen molar-refractivity contribution in [3.8, 4) is 0 Å². The van der Waals surface area contributed by atoms with Crippen molar-refractivity contribution in [3.63, 3.8) is 0 Å². The molecule has 1 aliphatic rings. The molecule has 1 atom stereocenters. The molecule has 3 N–H and O–H groups in total. The third-order valence-corrected chi connectivity index (χ3v) is 5.88. The number of fused-ring (bicyclic) bond motifs is 1. The maximum absolute atomic E-state index is 12.9. The van der Waals surface area contributed by atoms with Gasteiger partial charge in [0.05, 0.1) is 36.3 Å². The van der Waals surface area contributed by atoms with Crippen LogP contribution in [-0.4, -0.2) is 57.7 Å². The van der Waals surface area contributed by atoms with Crippen LogP contribution in [0.2, 0.25) is 0 Å². The first-order valence-corrected chi connectivity index (χ1v) is 11.3. The Labute approximate surface area is 188 Å². The van der Waals surface area contributed by atoms with E-state index in [1.54, 1.807) is 6.20 Å². The fraction of sp³-hybridized carbons (Fsp3) is 0.458. The van der Waals surface area contributed by atoms with Crippen LogP contribution < -0.4 is 10.6 Å². The fourth-order valence-corrected chi connectivity index (χ4v) is 4.16. The van der Waals surface area contributed by atoms with E-state index in [0.29, 0.717) is 6.42 Å². The third-order valence-electron chi connectivity index (χ3n) is 5.88. The van der Waals surface area contributed by atoms with Crippen molar-refractivity contribution in [1.82, 2.24) is 20.1 Å². The number of benzene rings is 1. The van der Waals surface area contributed by atoms with Gasteiger partial charge in [-0.25, -0.2) is 9.67 Å². The van der Waals surface area contributed by atoms with E-state index >= 15 is 0 Å². The Morgan fingerprint density at radius 3 is 2.75 bits per heavy atom. The van der Waals surface area contributed by atoms with Crippen LogP contribution in [0.1, 0.15) is 30.9 Å². The van der Waals surface area contributed by atoms with Crippen LogP contribution >= 0.6 is 0 Å². The molecule has 0 bridgehead atoms. The van der Waals surface area contributed by atoms with E-state index in [4.69, 9.17) is 4.74 Å². The lowest BCUT2D eigenvalue weighted by Crippen LogP contribution is -2.40. The van der Waals surface area contributed by atoms with E-state index in [-0.39, 0.29) is 31.0 Å². The number of rotatable bonds is 9. The Morgan fingerprint density at radius 1 is 1.25 bits per heavy atom. The highest BCUT2D eigenvalue weighted by Crippen LogP contribution is 2.28. The molecule has 1 amide bonds. The maximum Gasteiger partial charge on any atom is 0.224 e. The van der Waals surface area contributed by atoms with Gasteiger partial charge in [0.15, 0.2) is 5.65 Å². The summed E-state index contributed by atoms with van der Waals surface area (Å²) in [6, 6.07) is 9.80. The van der Waals surface area contributed by atoms with Gasteiger partial charge in [-0.3, -0.25) is 4.79 Å². The van der Waals surface area contributed by atoms with Gasteiger partial charge in [0, 0.05) is 37.6 Å². The first-order chi connectivity index (χ1) is 15.7. The van der Waals surface area contributed by atoms with E-state index in [9.17, 15) is 9.90 Å². The Balaban J connectivity index is 1.52. The number of nitrogens with zero attached hydrogens (tertiary/aromatic N) is 3. The summed E-state index contributed by atoms with van der Waals surface area (Å²) in [7, 11) is 0. The van der Waals surface area contributed by atoms with E-state index in [0.717, 1.165) is 60.4 Å². The van der Waals surface area contributed by atoms with Crippen molar-refractivity contribution in [2.24, 2.45) is 0 Å². The van der Waals surface area contributed by atoms with Gasteiger partial charge in [-0.15, -0.1) is 0 Å². The molecule has 1 fully saturated rings. The van der Waals surface area contributed by atoms with Gasteiger partial charge in [0.2, 0.25) is 5.91 Å². The fourth-order valence-electron chi connectivity index (χ4n) is 4.16. The zero-order valence-corrected chi connectivity index (χ0v) is 18.5. The first kappa shape index (κ1) is 22.2. The molecular formula is C24H31N5O3. The molecule has 0 radical (unpaired) electrons.